The number of nitrogens with one attached hydrogen (secondary N) is 2. The van der Waals surface area contributed by atoms with E-state index in [1.807, 2.05) is 0 Å². The molecule has 1 aliphatic rings. The number of nitrogens with zero attached hydrogens (tertiary/aromatic N) is 3. The third-order valence-electron chi connectivity index (χ3n) is 3.79. The minimum atomic E-state index is -0.100. The summed E-state index contributed by atoms with van der Waals surface area (Å²) < 4.78 is 0. The number of guanidine groups is 1. The lowest BCUT2D eigenvalue weighted by atomic mass is 10.0. The Morgan fingerprint density at radius 3 is 2.87 bits per heavy atom. The molecule has 0 radical (unpaired) electrons. The number of carbonyl (C=O) groups excluding carboxylic acids is 1. The van der Waals surface area contributed by atoms with Gasteiger partial charge in [0, 0.05) is 45.6 Å². The minimum absolute atomic E-state index is 0. The molecule has 1 saturated heterocycles. The van der Waals surface area contributed by atoms with Crippen molar-refractivity contribution < 1.29 is 4.79 Å². The quantitative estimate of drug-likeness (QED) is 0.330. The average Bonchev–Trinajstić information content (AvgIpc) is 2.55. The second-order valence-corrected chi connectivity index (χ2v) is 5.67. The summed E-state index contributed by atoms with van der Waals surface area (Å²) in [5.41, 5.74) is 0.580. The van der Waals surface area contributed by atoms with E-state index in [1.54, 1.807) is 31.6 Å². The van der Waals surface area contributed by atoms with E-state index in [0.29, 0.717) is 24.6 Å². The van der Waals surface area contributed by atoms with Crippen molar-refractivity contribution in [2.24, 2.45) is 10.9 Å². The monoisotopic (exact) mass is 431 g/mol. The first-order valence-electron chi connectivity index (χ1n) is 7.84. The Morgan fingerprint density at radius 2 is 2.22 bits per heavy atom. The number of aliphatic imine (C=N–C) groups is 1. The number of hydrogen-bond donors (Lipinski definition) is 2. The van der Waals surface area contributed by atoms with E-state index in [9.17, 15) is 4.79 Å². The number of amides is 1. The molecule has 1 atom stereocenters. The zero-order valence-corrected chi connectivity index (χ0v) is 16.1. The van der Waals surface area contributed by atoms with Crippen LogP contribution in [-0.4, -0.2) is 55.0 Å². The Bertz CT molecular complexity index is 508. The molecule has 1 unspecified atom stereocenters. The summed E-state index contributed by atoms with van der Waals surface area (Å²) in [6, 6.07) is 3.51. The number of rotatable bonds is 4. The Labute approximate surface area is 155 Å². The first-order valence-corrected chi connectivity index (χ1v) is 7.84. The average molecular weight is 431 g/mol. The summed E-state index contributed by atoms with van der Waals surface area (Å²) in [7, 11) is 1.80. The Kier molecular flexibility index (Phi) is 8.90. The van der Waals surface area contributed by atoms with Gasteiger partial charge in [-0.15, -0.1) is 24.0 Å². The van der Waals surface area contributed by atoms with Crippen LogP contribution < -0.4 is 10.6 Å². The maximum absolute atomic E-state index is 11.9. The Balaban J connectivity index is 0.00000264. The highest BCUT2D eigenvalue weighted by atomic mass is 127. The van der Waals surface area contributed by atoms with Crippen molar-refractivity contribution >= 4 is 35.8 Å². The third-order valence-corrected chi connectivity index (χ3v) is 3.79. The molecule has 7 heteroatoms. The molecule has 6 nitrogen and oxygen atoms in total. The van der Waals surface area contributed by atoms with Gasteiger partial charge in [0.1, 0.15) is 0 Å². The summed E-state index contributed by atoms with van der Waals surface area (Å²) in [6.45, 7) is 5.57. The smallest absolute Gasteiger partial charge is 0.252 e. The van der Waals surface area contributed by atoms with Crippen molar-refractivity contribution in [2.45, 2.75) is 19.8 Å². The molecule has 1 aliphatic heterocycles. The molecule has 23 heavy (non-hydrogen) atoms. The lowest BCUT2D eigenvalue weighted by Crippen LogP contribution is -2.47. The molecule has 1 aromatic heterocycles. The number of aromatic nitrogens is 1. The number of pyridine rings is 1. The molecular formula is C16H26IN5O. The van der Waals surface area contributed by atoms with Crippen LogP contribution in [0.15, 0.2) is 29.5 Å². The van der Waals surface area contributed by atoms with E-state index in [4.69, 9.17) is 0 Å². The van der Waals surface area contributed by atoms with Gasteiger partial charge in [0.25, 0.3) is 5.91 Å². The highest BCUT2D eigenvalue weighted by molar-refractivity contribution is 14.0. The maximum atomic E-state index is 11.9. The van der Waals surface area contributed by atoms with Gasteiger partial charge in [0.15, 0.2) is 5.96 Å². The van der Waals surface area contributed by atoms with Crippen LogP contribution in [0.2, 0.25) is 0 Å². The van der Waals surface area contributed by atoms with Gasteiger partial charge >= 0.3 is 0 Å². The summed E-state index contributed by atoms with van der Waals surface area (Å²) in [5.74, 6) is 1.52. The van der Waals surface area contributed by atoms with Crippen LogP contribution in [0, 0.1) is 5.92 Å². The van der Waals surface area contributed by atoms with Crippen LogP contribution in [0.25, 0.3) is 0 Å². The molecule has 0 spiro atoms. The second-order valence-electron chi connectivity index (χ2n) is 5.67. The number of likely N-dealkylation sites (tertiary alicyclic amines) is 1. The van der Waals surface area contributed by atoms with E-state index in [2.05, 4.69) is 32.4 Å². The van der Waals surface area contributed by atoms with Crippen LogP contribution in [0.4, 0.5) is 0 Å². The Hall–Kier alpha value is -1.38. The first-order chi connectivity index (χ1) is 10.7. The molecule has 1 fully saturated rings. The van der Waals surface area contributed by atoms with Gasteiger partial charge in [0.05, 0.1) is 5.56 Å². The van der Waals surface area contributed by atoms with Crippen molar-refractivity contribution in [1.82, 2.24) is 20.5 Å². The zero-order valence-electron chi connectivity index (χ0n) is 13.8. The highest BCUT2D eigenvalue weighted by Gasteiger charge is 2.18. The summed E-state index contributed by atoms with van der Waals surface area (Å²) in [4.78, 5) is 22.4. The molecule has 0 aliphatic carbocycles. The van der Waals surface area contributed by atoms with Gasteiger partial charge in [-0.3, -0.25) is 14.8 Å². The molecule has 128 valence electrons. The maximum Gasteiger partial charge on any atom is 0.252 e. The first kappa shape index (κ1) is 19.7. The lowest BCUT2D eigenvalue weighted by molar-refractivity contribution is 0.0954. The second kappa shape index (κ2) is 10.4. The topological polar surface area (TPSA) is 69.6 Å². The van der Waals surface area contributed by atoms with Crippen molar-refractivity contribution in [3.63, 3.8) is 0 Å². The van der Waals surface area contributed by atoms with Crippen molar-refractivity contribution in [2.75, 3.05) is 33.2 Å². The van der Waals surface area contributed by atoms with Crippen LogP contribution in [0.1, 0.15) is 30.1 Å². The predicted octanol–water partition coefficient (Wildman–Crippen LogP) is 1.74. The molecule has 0 bridgehead atoms. The van der Waals surface area contributed by atoms with Crippen LogP contribution in [0.3, 0.4) is 0 Å². The van der Waals surface area contributed by atoms with Crippen LogP contribution in [0.5, 0.6) is 0 Å². The molecule has 0 saturated carbocycles. The fourth-order valence-corrected chi connectivity index (χ4v) is 2.66. The molecule has 1 amide bonds. The summed E-state index contributed by atoms with van der Waals surface area (Å²) in [6.07, 6.45) is 5.72. The summed E-state index contributed by atoms with van der Waals surface area (Å²) >= 11 is 0. The van der Waals surface area contributed by atoms with E-state index in [0.717, 1.165) is 19.0 Å². The summed E-state index contributed by atoms with van der Waals surface area (Å²) in [5, 5.41) is 6.19. The minimum Gasteiger partial charge on any atom is -0.354 e. The van der Waals surface area contributed by atoms with Crippen molar-refractivity contribution in [3.05, 3.63) is 30.1 Å². The van der Waals surface area contributed by atoms with Gasteiger partial charge < -0.3 is 15.5 Å². The predicted molar refractivity (Wildman–Crippen MR) is 103 cm³/mol. The number of halogens is 1. The zero-order chi connectivity index (χ0) is 15.8. The molecule has 2 heterocycles. The SMILES string of the molecule is CN=C(NCCNC(=O)c1cccnc1)N1CCCC(C)C1.I. The molecule has 1 aromatic rings. The van der Waals surface area contributed by atoms with E-state index in [1.165, 1.54) is 12.8 Å². The van der Waals surface area contributed by atoms with Gasteiger partial charge in [-0.2, -0.15) is 0 Å². The van der Waals surface area contributed by atoms with Gasteiger partial charge in [-0.1, -0.05) is 6.92 Å². The van der Waals surface area contributed by atoms with Crippen LogP contribution in [-0.2, 0) is 0 Å². The fraction of sp³-hybridized carbons (Fsp3) is 0.562. The van der Waals surface area contributed by atoms with Crippen molar-refractivity contribution in [1.29, 1.82) is 0 Å². The van der Waals surface area contributed by atoms with Crippen LogP contribution >= 0.6 is 24.0 Å². The molecule has 2 N–H and O–H groups in total. The molecular weight excluding hydrogens is 405 g/mol. The van der Waals surface area contributed by atoms with Gasteiger partial charge in [-0.05, 0) is 30.9 Å². The van der Waals surface area contributed by atoms with Crippen molar-refractivity contribution in [3.8, 4) is 0 Å². The van der Waals surface area contributed by atoms with Gasteiger partial charge in [0.2, 0.25) is 0 Å². The number of hydrogen-bond acceptors (Lipinski definition) is 3. The van der Waals surface area contributed by atoms with Gasteiger partial charge in [-0.25, -0.2) is 0 Å². The lowest BCUT2D eigenvalue weighted by Gasteiger charge is -2.33. The number of carbonyl (C=O) groups is 1. The Morgan fingerprint density at radius 1 is 1.43 bits per heavy atom. The molecule has 0 aromatic carbocycles. The van der Waals surface area contributed by atoms with E-state index < -0.39 is 0 Å². The van der Waals surface area contributed by atoms with E-state index in [-0.39, 0.29) is 29.9 Å². The fourth-order valence-electron chi connectivity index (χ4n) is 2.66. The standard InChI is InChI=1S/C16H25N5O.HI/c1-13-5-4-10-21(12-13)16(17-2)20-9-8-19-15(22)14-6-3-7-18-11-14;/h3,6-7,11,13H,4-5,8-10,12H2,1-2H3,(H,17,20)(H,19,22);1H. The highest BCUT2D eigenvalue weighted by Crippen LogP contribution is 2.15. The normalized spacial score (nSPS) is 18.1. The largest absolute Gasteiger partial charge is 0.354 e. The number of piperidine rings is 1. The third kappa shape index (κ3) is 6.32. The van der Waals surface area contributed by atoms with E-state index >= 15 is 0 Å². The molecule has 2 rings (SSSR count).